The normalized spacial score (nSPS) is 30.2. The molecule has 1 aliphatic rings. The van der Waals surface area contributed by atoms with E-state index in [1.165, 1.54) is 0 Å². The van der Waals surface area contributed by atoms with E-state index in [1.54, 1.807) is 12.3 Å². The predicted molar refractivity (Wildman–Crippen MR) is 57.5 cm³/mol. The van der Waals surface area contributed by atoms with Gasteiger partial charge in [0.05, 0.1) is 5.55 Å². The van der Waals surface area contributed by atoms with Gasteiger partial charge in [-0.25, -0.2) is 0 Å². The SMILES string of the molecule is CS1(c2ccccc2O)C=CN=C1. The quantitative estimate of drug-likeness (QED) is 0.730. The van der Waals surface area contributed by atoms with Gasteiger partial charge in [0.2, 0.25) is 0 Å². The first-order valence-electron chi connectivity index (χ1n) is 3.98. The van der Waals surface area contributed by atoms with Crippen molar-refractivity contribution >= 4 is 15.6 Å². The van der Waals surface area contributed by atoms with E-state index >= 15 is 0 Å². The van der Waals surface area contributed by atoms with E-state index in [0.29, 0.717) is 5.75 Å². The summed E-state index contributed by atoms with van der Waals surface area (Å²) in [5, 5.41) is 11.7. The van der Waals surface area contributed by atoms with E-state index in [2.05, 4.69) is 16.7 Å². The highest BCUT2D eigenvalue weighted by atomic mass is 32.3. The molecule has 1 unspecified atom stereocenters. The Morgan fingerprint density at radius 3 is 2.69 bits per heavy atom. The van der Waals surface area contributed by atoms with Crippen LogP contribution >= 0.6 is 10.0 Å². The average molecular weight is 193 g/mol. The second kappa shape index (κ2) is 2.92. The van der Waals surface area contributed by atoms with Crippen molar-refractivity contribution in [1.29, 1.82) is 0 Å². The van der Waals surface area contributed by atoms with Gasteiger partial charge in [0.15, 0.2) is 0 Å². The van der Waals surface area contributed by atoms with Crippen LogP contribution in [0.4, 0.5) is 0 Å². The van der Waals surface area contributed by atoms with E-state index < -0.39 is 10.0 Å². The lowest BCUT2D eigenvalue weighted by molar-refractivity contribution is 0.462. The van der Waals surface area contributed by atoms with E-state index in [1.807, 2.05) is 23.7 Å². The summed E-state index contributed by atoms with van der Waals surface area (Å²) in [7, 11) is -1.14. The fraction of sp³-hybridized carbons (Fsp3) is 0.100. The van der Waals surface area contributed by atoms with Gasteiger partial charge in [-0.2, -0.15) is 10.0 Å². The highest BCUT2D eigenvalue weighted by Crippen LogP contribution is 2.56. The maximum absolute atomic E-state index is 9.66. The molecule has 0 saturated heterocycles. The van der Waals surface area contributed by atoms with Crippen LogP contribution in [0.3, 0.4) is 0 Å². The van der Waals surface area contributed by atoms with Gasteiger partial charge in [0, 0.05) is 11.1 Å². The molecule has 1 heterocycles. The van der Waals surface area contributed by atoms with E-state index in [4.69, 9.17) is 0 Å². The minimum Gasteiger partial charge on any atom is -0.507 e. The Balaban J connectivity index is 2.52. The number of hydrogen-bond donors (Lipinski definition) is 1. The van der Waals surface area contributed by atoms with Crippen molar-refractivity contribution in [3.8, 4) is 5.75 Å². The number of rotatable bonds is 1. The summed E-state index contributed by atoms with van der Waals surface area (Å²) in [6, 6.07) is 7.44. The number of benzene rings is 1. The minimum absolute atomic E-state index is 0.359. The number of aliphatic imine (C=N–C) groups is 1. The first-order chi connectivity index (χ1) is 6.22. The molecule has 0 fully saturated rings. The Morgan fingerprint density at radius 2 is 2.08 bits per heavy atom. The summed E-state index contributed by atoms with van der Waals surface area (Å²) in [5.74, 6) is 0.359. The second-order valence-corrected chi connectivity index (χ2v) is 6.07. The van der Waals surface area contributed by atoms with Gasteiger partial charge >= 0.3 is 0 Å². The molecule has 1 aromatic rings. The zero-order chi connectivity index (χ0) is 9.31. The largest absolute Gasteiger partial charge is 0.507 e. The van der Waals surface area contributed by atoms with Gasteiger partial charge in [-0.1, -0.05) is 12.1 Å². The van der Waals surface area contributed by atoms with Crippen LogP contribution in [0.5, 0.6) is 5.75 Å². The lowest BCUT2D eigenvalue weighted by Crippen LogP contribution is -1.93. The van der Waals surface area contributed by atoms with Crippen LogP contribution in [-0.4, -0.2) is 16.9 Å². The Kier molecular flexibility index (Phi) is 1.88. The summed E-state index contributed by atoms with van der Waals surface area (Å²) in [6.07, 6.45) is 3.90. The first kappa shape index (κ1) is 8.38. The molecule has 0 spiro atoms. The summed E-state index contributed by atoms with van der Waals surface area (Å²) >= 11 is 0. The number of nitrogens with zero attached hydrogens (tertiary/aromatic N) is 1. The van der Waals surface area contributed by atoms with Crippen LogP contribution in [0.15, 0.2) is 45.8 Å². The van der Waals surface area contributed by atoms with Crippen molar-refractivity contribution < 1.29 is 5.11 Å². The van der Waals surface area contributed by atoms with Gasteiger partial charge < -0.3 is 5.11 Å². The van der Waals surface area contributed by atoms with Crippen LogP contribution in [-0.2, 0) is 0 Å². The molecular formula is C10H11NOS. The maximum atomic E-state index is 9.66. The molecule has 13 heavy (non-hydrogen) atoms. The molecule has 1 aliphatic heterocycles. The maximum Gasteiger partial charge on any atom is 0.128 e. The molecule has 0 aromatic heterocycles. The van der Waals surface area contributed by atoms with Crippen LogP contribution in [0.1, 0.15) is 0 Å². The zero-order valence-corrected chi connectivity index (χ0v) is 8.16. The van der Waals surface area contributed by atoms with Gasteiger partial charge in [-0.05, 0) is 23.8 Å². The van der Waals surface area contributed by atoms with Crippen molar-refractivity contribution in [3.05, 3.63) is 35.9 Å². The number of hydrogen-bond acceptors (Lipinski definition) is 2. The molecule has 3 heteroatoms. The first-order valence-corrected chi connectivity index (χ1v) is 6.15. The lowest BCUT2D eigenvalue weighted by atomic mass is 10.3. The molecule has 1 aromatic carbocycles. The molecule has 0 bridgehead atoms. The number of aromatic hydroxyl groups is 1. The van der Waals surface area contributed by atoms with Crippen LogP contribution < -0.4 is 0 Å². The lowest BCUT2D eigenvalue weighted by Gasteiger charge is -2.25. The van der Waals surface area contributed by atoms with E-state index in [9.17, 15) is 5.11 Å². The van der Waals surface area contributed by atoms with Gasteiger partial charge in [-0.15, -0.1) is 0 Å². The molecule has 68 valence electrons. The third-order valence-electron chi connectivity index (χ3n) is 2.05. The molecule has 0 radical (unpaired) electrons. The van der Waals surface area contributed by atoms with Crippen molar-refractivity contribution in [3.63, 3.8) is 0 Å². The minimum atomic E-state index is -1.14. The predicted octanol–water partition coefficient (Wildman–Crippen LogP) is 2.70. The Morgan fingerprint density at radius 1 is 1.31 bits per heavy atom. The Bertz CT molecular complexity index is 372. The van der Waals surface area contributed by atoms with Gasteiger partial charge in [0.1, 0.15) is 5.75 Å². The molecule has 0 amide bonds. The molecule has 2 rings (SSSR count). The van der Waals surface area contributed by atoms with Crippen molar-refractivity contribution in [2.24, 2.45) is 4.99 Å². The second-order valence-electron chi connectivity index (χ2n) is 3.05. The molecule has 0 aliphatic carbocycles. The number of phenols is 1. The van der Waals surface area contributed by atoms with Crippen molar-refractivity contribution in [1.82, 2.24) is 0 Å². The van der Waals surface area contributed by atoms with Crippen LogP contribution in [0, 0.1) is 0 Å². The van der Waals surface area contributed by atoms with Crippen molar-refractivity contribution in [2.75, 3.05) is 6.26 Å². The fourth-order valence-electron chi connectivity index (χ4n) is 1.32. The van der Waals surface area contributed by atoms with E-state index in [-0.39, 0.29) is 0 Å². The summed E-state index contributed by atoms with van der Waals surface area (Å²) in [4.78, 5) is 5.05. The third kappa shape index (κ3) is 1.35. The fourth-order valence-corrected chi connectivity index (χ4v) is 3.18. The summed E-state index contributed by atoms with van der Waals surface area (Å²) in [5.41, 5.74) is 1.92. The standard InChI is InChI=1S/C10H11NOS/c1-13(7-6-11-8-13)10-5-3-2-4-9(10)12/h2-8,12H,1H3. The Hall–Kier alpha value is -1.22. The molecule has 0 saturated carbocycles. The number of para-hydroxylation sites is 1. The van der Waals surface area contributed by atoms with Gasteiger partial charge in [-0.3, -0.25) is 4.99 Å². The summed E-state index contributed by atoms with van der Waals surface area (Å²) < 4.78 is 0. The third-order valence-corrected chi connectivity index (χ3v) is 4.59. The highest BCUT2D eigenvalue weighted by Gasteiger charge is 2.20. The topological polar surface area (TPSA) is 32.6 Å². The molecule has 2 nitrogen and oxygen atoms in total. The number of phenolic OH excluding ortho intramolecular Hbond substituents is 1. The van der Waals surface area contributed by atoms with Crippen molar-refractivity contribution in [2.45, 2.75) is 4.90 Å². The van der Waals surface area contributed by atoms with Gasteiger partial charge in [0.25, 0.3) is 0 Å². The molecule has 1 N–H and O–H groups in total. The Labute approximate surface area is 78.9 Å². The van der Waals surface area contributed by atoms with Crippen LogP contribution in [0.2, 0.25) is 0 Å². The zero-order valence-electron chi connectivity index (χ0n) is 7.34. The molecular weight excluding hydrogens is 182 g/mol. The average Bonchev–Trinajstić information content (AvgIpc) is 2.54. The summed E-state index contributed by atoms with van der Waals surface area (Å²) in [6.45, 7) is 0. The monoisotopic (exact) mass is 193 g/mol. The van der Waals surface area contributed by atoms with Crippen LogP contribution in [0.25, 0.3) is 0 Å². The molecule has 1 atom stereocenters. The highest BCUT2D eigenvalue weighted by molar-refractivity contribution is 8.46. The smallest absolute Gasteiger partial charge is 0.128 e. The van der Waals surface area contributed by atoms with E-state index in [0.717, 1.165) is 4.90 Å².